The van der Waals surface area contributed by atoms with Gasteiger partial charge in [0.2, 0.25) is 0 Å². The van der Waals surface area contributed by atoms with Crippen molar-refractivity contribution in [1.82, 2.24) is 0 Å². The van der Waals surface area contributed by atoms with E-state index in [1.165, 1.54) is 50.7 Å². The van der Waals surface area contributed by atoms with Gasteiger partial charge in [-0.2, -0.15) is 5.26 Å². The lowest BCUT2D eigenvalue weighted by molar-refractivity contribution is 0.132. The fourth-order valence-electron chi connectivity index (χ4n) is 5.71. The van der Waals surface area contributed by atoms with Crippen LogP contribution in [0.15, 0.2) is 12.1 Å². The molecular weight excluding hydrogens is 340 g/mol. The molecule has 1 nitrogen and oxygen atoms in total. The zero-order chi connectivity index (χ0) is 19.4. The minimum atomic E-state index is -0.716. The third kappa shape index (κ3) is 4.71. The highest BCUT2D eigenvalue weighted by Gasteiger charge is 2.32. The normalized spacial score (nSPS) is 29.9. The number of nitrogens with zero attached hydrogens (tertiary/aromatic N) is 1. The van der Waals surface area contributed by atoms with Gasteiger partial charge in [0.25, 0.3) is 0 Å². The fourth-order valence-corrected chi connectivity index (χ4v) is 5.71. The van der Waals surface area contributed by atoms with Gasteiger partial charge in [-0.05, 0) is 85.8 Å². The van der Waals surface area contributed by atoms with E-state index in [0.29, 0.717) is 0 Å². The molecule has 0 saturated heterocycles. The van der Waals surface area contributed by atoms with Crippen molar-refractivity contribution in [2.75, 3.05) is 0 Å². The Kier molecular flexibility index (Phi) is 6.90. The Bertz CT molecular complexity index is 638. The quantitative estimate of drug-likeness (QED) is 0.529. The van der Waals surface area contributed by atoms with Crippen molar-refractivity contribution in [3.05, 3.63) is 34.9 Å². The Morgan fingerprint density at radius 1 is 0.963 bits per heavy atom. The van der Waals surface area contributed by atoms with Crippen molar-refractivity contribution in [3.63, 3.8) is 0 Å². The summed E-state index contributed by atoms with van der Waals surface area (Å²) in [7, 11) is 0. The van der Waals surface area contributed by atoms with E-state index in [1.54, 1.807) is 6.07 Å². The average molecular weight is 374 g/mol. The van der Waals surface area contributed by atoms with Crippen LogP contribution in [-0.4, -0.2) is 0 Å². The molecule has 3 rings (SSSR count). The first-order chi connectivity index (χ1) is 13.0. The molecule has 3 heteroatoms. The lowest BCUT2D eigenvalue weighted by Gasteiger charge is -2.39. The second-order valence-corrected chi connectivity index (χ2v) is 9.01. The molecule has 1 aromatic rings. The number of halogens is 2. The first kappa shape index (κ1) is 20.3. The molecule has 0 amide bonds. The zero-order valence-corrected chi connectivity index (χ0v) is 16.8. The van der Waals surface area contributed by atoms with Gasteiger partial charge >= 0.3 is 0 Å². The van der Waals surface area contributed by atoms with Gasteiger partial charge in [-0.25, -0.2) is 8.78 Å². The standard InChI is InChI=1S/C24H33F2N/c1-3-4-17-5-7-18(8-6-17)16(2)19-9-11-20(12-10-19)21-13-23(25)22(15-27)24(26)14-21/h13-14,16-20H,3-12H2,1-2H3. The number of nitriles is 1. The van der Waals surface area contributed by atoms with Crippen LogP contribution in [0.3, 0.4) is 0 Å². The second-order valence-electron chi connectivity index (χ2n) is 9.01. The van der Waals surface area contributed by atoms with Crippen LogP contribution in [0.1, 0.15) is 95.1 Å². The molecule has 27 heavy (non-hydrogen) atoms. The van der Waals surface area contributed by atoms with E-state index in [-0.39, 0.29) is 5.92 Å². The topological polar surface area (TPSA) is 23.8 Å². The first-order valence-electron chi connectivity index (χ1n) is 10.9. The molecule has 0 radical (unpaired) electrons. The Hall–Kier alpha value is -1.43. The number of hydrogen-bond acceptors (Lipinski definition) is 1. The van der Waals surface area contributed by atoms with Crippen LogP contribution in [0.25, 0.3) is 0 Å². The lowest BCUT2D eigenvalue weighted by atomic mass is 9.66. The zero-order valence-electron chi connectivity index (χ0n) is 16.8. The van der Waals surface area contributed by atoms with Crippen LogP contribution in [0.2, 0.25) is 0 Å². The molecule has 2 fully saturated rings. The highest BCUT2D eigenvalue weighted by molar-refractivity contribution is 5.36. The minimum Gasteiger partial charge on any atom is -0.205 e. The fraction of sp³-hybridized carbons (Fsp3) is 0.708. The molecule has 1 unspecified atom stereocenters. The van der Waals surface area contributed by atoms with Crippen molar-refractivity contribution >= 4 is 0 Å². The number of hydrogen-bond donors (Lipinski definition) is 0. The Balaban J connectivity index is 1.54. The van der Waals surface area contributed by atoms with E-state index in [1.807, 2.05) is 0 Å². The summed E-state index contributed by atoms with van der Waals surface area (Å²) in [4.78, 5) is 0. The van der Waals surface area contributed by atoms with Crippen LogP contribution in [0, 0.1) is 46.6 Å². The van der Waals surface area contributed by atoms with Crippen molar-refractivity contribution in [3.8, 4) is 6.07 Å². The smallest absolute Gasteiger partial charge is 0.144 e. The molecule has 2 saturated carbocycles. The van der Waals surface area contributed by atoms with E-state index in [2.05, 4.69) is 13.8 Å². The minimum absolute atomic E-state index is 0.227. The largest absolute Gasteiger partial charge is 0.205 e. The van der Waals surface area contributed by atoms with E-state index >= 15 is 0 Å². The summed E-state index contributed by atoms with van der Waals surface area (Å²) in [5.41, 5.74) is 0.273. The van der Waals surface area contributed by atoms with E-state index in [0.717, 1.165) is 54.9 Å². The van der Waals surface area contributed by atoms with Crippen LogP contribution >= 0.6 is 0 Å². The summed E-state index contributed by atoms with van der Waals surface area (Å²) < 4.78 is 27.9. The summed E-state index contributed by atoms with van der Waals surface area (Å²) in [5, 5.41) is 8.84. The second kappa shape index (κ2) is 9.18. The van der Waals surface area contributed by atoms with Crippen LogP contribution in [-0.2, 0) is 0 Å². The molecule has 0 heterocycles. The van der Waals surface area contributed by atoms with Crippen LogP contribution < -0.4 is 0 Å². The lowest BCUT2D eigenvalue weighted by Crippen LogP contribution is -2.28. The van der Waals surface area contributed by atoms with Gasteiger partial charge in [0.05, 0.1) is 0 Å². The highest BCUT2D eigenvalue weighted by Crippen LogP contribution is 2.45. The van der Waals surface area contributed by atoms with Gasteiger partial charge in [-0.1, -0.05) is 39.5 Å². The van der Waals surface area contributed by atoms with Crippen LogP contribution in [0.4, 0.5) is 8.78 Å². The van der Waals surface area contributed by atoms with Gasteiger partial charge in [0.1, 0.15) is 23.3 Å². The molecule has 2 aliphatic carbocycles. The monoisotopic (exact) mass is 373 g/mol. The van der Waals surface area contributed by atoms with Gasteiger partial charge in [0.15, 0.2) is 0 Å². The predicted molar refractivity (Wildman–Crippen MR) is 105 cm³/mol. The predicted octanol–water partition coefficient (Wildman–Crippen LogP) is 7.35. The summed E-state index contributed by atoms with van der Waals surface area (Å²) in [6, 6.07) is 4.37. The summed E-state index contributed by atoms with van der Waals surface area (Å²) in [6.07, 6.45) is 12.6. The first-order valence-corrected chi connectivity index (χ1v) is 10.9. The molecule has 0 aromatic heterocycles. The maximum atomic E-state index is 13.9. The molecular formula is C24H33F2N. The summed E-state index contributed by atoms with van der Waals surface area (Å²) >= 11 is 0. The molecule has 0 N–H and O–H groups in total. The van der Waals surface area contributed by atoms with Crippen molar-refractivity contribution in [2.45, 2.75) is 84.0 Å². The van der Waals surface area contributed by atoms with Crippen molar-refractivity contribution in [1.29, 1.82) is 5.26 Å². The van der Waals surface area contributed by atoms with Gasteiger partial charge in [0, 0.05) is 0 Å². The third-order valence-electron chi connectivity index (χ3n) is 7.49. The van der Waals surface area contributed by atoms with E-state index in [9.17, 15) is 8.78 Å². The van der Waals surface area contributed by atoms with E-state index < -0.39 is 17.2 Å². The van der Waals surface area contributed by atoms with Crippen molar-refractivity contribution < 1.29 is 8.78 Å². The molecule has 0 aliphatic heterocycles. The summed E-state index contributed by atoms with van der Waals surface area (Å²) in [5.74, 6) is 2.13. The SMILES string of the molecule is CCCC1CCC(C(C)C2CCC(c3cc(F)c(C#N)c(F)c3)CC2)CC1. The molecule has 1 aromatic carbocycles. The Labute approximate surface area is 163 Å². The molecule has 0 spiro atoms. The Morgan fingerprint density at radius 3 is 1.96 bits per heavy atom. The van der Waals surface area contributed by atoms with Crippen LogP contribution in [0.5, 0.6) is 0 Å². The highest BCUT2D eigenvalue weighted by atomic mass is 19.1. The van der Waals surface area contributed by atoms with Gasteiger partial charge in [-0.15, -0.1) is 0 Å². The van der Waals surface area contributed by atoms with Gasteiger partial charge < -0.3 is 0 Å². The Morgan fingerprint density at radius 2 is 1.48 bits per heavy atom. The molecule has 2 aliphatic rings. The van der Waals surface area contributed by atoms with Crippen molar-refractivity contribution in [2.24, 2.45) is 23.7 Å². The molecule has 1 atom stereocenters. The molecule has 148 valence electrons. The molecule has 0 bridgehead atoms. The maximum absolute atomic E-state index is 13.9. The third-order valence-corrected chi connectivity index (χ3v) is 7.49. The number of benzene rings is 1. The maximum Gasteiger partial charge on any atom is 0.144 e. The van der Waals surface area contributed by atoms with Gasteiger partial charge in [-0.3, -0.25) is 0 Å². The number of rotatable bonds is 5. The van der Waals surface area contributed by atoms with E-state index in [4.69, 9.17) is 5.26 Å². The average Bonchev–Trinajstić information content (AvgIpc) is 2.68. The summed E-state index contributed by atoms with van der Waals surface area (Å²) in [6.45, 7) is 4.73.